The molecule has 0 bridgehead atoms. The van der Waals surface area contributed by atoms with Crippen molar-refractivity contribution >= 4 is 18.5 Å². The lowest BCUT2D eigenvalue weighted by atomic mass is 9.98. The van der Waals surface area contributed by atoms with E-state index in [2.05, 4.69) is 4.74 Å². The van der Waals surface area contributed by atoms with Crippen LogP contribution in [0.2, 0.25) is 0 Å². The molecular formula is C11H8ClF3N2O2. The van der Waals surface area contributed by atoms with Crippen molar-refractivity contribution in [3.63, 3.8) is 0 Å². The van der Waals surface area contributed by atoms with Gasteiger partial charge in [-0.2, -0.15) is 5.26 Å². The molecule has 1 aromatic rings. The van der Waals surface area contributed by atoms with Gasteiger partial charge in [-0.15, -0.1) is 12.4 Å². The maximum absolute atomic E-state index is 13.5. The van der Waals surface area contributed by atoms with Gasteiger partial charge in [0.1, 0.15) is 17.9 Å². The van der Waals surface area contributed by atoms with Crippen molar-refractivity contribution in [1.29, 1.82) is 5.26 Å². The summed E-state index contributed by atoms with van der Waals surface area (Å²) >= 11 is 0. The molecule has 1 aliphatic heterocycles. The number of nitrogens with one attached hydrogen (secondary N) is 1. The van der Waals surface area contributed by atoms with Gasteiger partial charge in [-0.1, -0.05) is 6.07 Å². The SMILES string of the molecule is Cl.N#Cc1cc([C@H]2NC(=O)OCC2(F)F)ccc1F. The van der Waals surface area contributed by atoms with Gasteiger partial charge in [-0.3, -0.25) is 0 Å². The summed E-state index contributed by atoms with van der Waals surface area (Å²) < 4.78 is 44.4. The Morgan fingerprint density at radius 1 is 1.47 bits per heavy atom. The van der Waals surface area contributed by atoms with E-state index in [1.54, 1.807) is 6.07 Å². The molecule has 8 heteroatoms. The lowest BCUT2D eigenvalue weighted by Gasteiger charge is -2.31. The number of amides is 1. The summed E-state index contributed by atoms with van der Waals surface area (Å²) in [4.78, 5) is 11.0. The summed E-state index contributed by atoms with van der Waals surface area (Å²) in [5.74, 6) is -4.12. The average Bonchev–Trinajstić information content (AvgIpc) is 2.33. The molecule has 1 N–H and O–H groups in total. The standard InChI is InChI=1S/C11H7F3N2O2.ClH/c12-8-2-1-6(3-7(8)4-15)9-11(13,14)5-18-10(17)16-9;/h1-3,9H,5H2,(H,16,17);1H/t9-;/m1./s1. The van der Waals surface area contributed by atoms with Crippen LogP contribution in [0.15, 0.2) is 18.2 Å². The van der Waals surface area contributed by atoms with Crippen LogP contribution in [0.3, 0.4) is 0 Å². The van der Waals surface area contributed by atoms with Crippen molar-refractivity contribution in [2.24, 2.45) is 0 Å². The molecule has 1 saturated heterocycles. The van der Waals surface area contributed by atoms with Crippen LogP contribution < -0.4 is 5.32 Å². The van der Waals surface area contributed by atoms with Gasteiger partial charge in [-0.05, 0) is 17.7 Å². The Hall–Kier alpha value is -1.94. The number of alkyl halides is 2. The van der Waals surface area contributed by atoms with E-state index in [1.807, 2.05) is 5.32 Å². The van der Waals surface area contributed by atoms with E-state index >= 15 is 0 Å². The molecular weight excluding hydrogens is 285 g/mol. The van der Waals surface area contributed by atoms with Crippen molar-refractivity contribution in [3.8, 4) is 6.07 Å². The highest BCUT2D eigenvalue weighted by molar-refractivity contribution is 5.85. The number of alkyl carbamates (subject to hydrolysis) is 1. The Labute approximate surface area is 112 Å². The Morgan fingerprint density at radius 3 is 2.79 bits per heavy atom. The number of rotatable bonds is 1. The van der Waals surface area contributed by atoms with Gasteiger partial charge in [-0.25, -0.2) is 18.0 Å². The number of halogens is 4. The molecule has 0 aromatic heterocycles. The van der Waals surface area contributed by atoms with E-state index in [4.69, 9.17) is 5.26 Å². The first-order valence-corrected chi connectivity index (χ1v) is 4.95. The van der Waals surface area contributed by atoms with E-state index in [9.17, 15) is 18.0 Å². The van der Waals surface area contributed by atoms with Crippen LogP contribution in [0.25, 0.3) is 0 Å². The Morgan fingerprint density at radius 2 is 2.16 bits per heavy atom. The predicted molar refractivity (Wildman–Crippen MR) is 60.5 cm³/mol. The van der Waals surface area contributed by atoms with Crippen LogP contribution >= 0.6 is 12.4 Å². The van der Waals surface area contributed by atoms with Gasteiger partial charge in [0.2, 0.25) is 0 Å². The smallest absolute Gasteiger partial charge is 0.408 e. The summed E-state index contributed by atoms with van der Waals surface area (Å²) in [5.41, 5.74) is -0.404. The Kier molecular flexibility index (Phi) is 4.27. The third-order valence-corrected chi connectivity index (χ3v) is 2.52. The minimum absolute atomic E-state index is 0. The minimum atomic E-state index is -3.32. The number of nitrogens with zero attached hydrogens (tertiary/aromatic N) is 1. The second kappa shape index (κ2) is 5.36. The molecule has 1 fully saturated rings. The van der Waals surface area contributed by atoms with Gasteiger partial charge in [0.05, 0.1) is 5.56 Å². The van der Waals surface area contributed by atoms with Crippen molar-refractivity contribution in [2.45, 2.75) is 12.0 Å². The zero-order valence-electron chi connectivity index (χ0n) is 9.32. The largest absolute Gasteiger partial charge is 0.443 e. The zero-order valence-corrected chi connectivity index (χ0v) is 10.1. The summed E-state index contributed by atoms with van der Waals surface area (Å²) in [7, 11) is 0. The molecule has 102 valence electrons. The normalized spacial score (nSPS) is 20.5. The van der Waals surface area contributed by atoms with Gasteiger partial charge in [0.15, 0.2) is 6.61 Å². The predicted octanol–water partition coefficient (Wildman–Crippen LogP) is 2.54. The van der Waals surface area contributed by atoms with Crippen LogP contribution in [-0.2, 0) is 4.74 Å². The number of hydrogen-bond acceptors (Lipinski definition) is 3. The fourth-order valence-corrected chi connectivity index (χ4v) is 1.65. The first-order valence-electron chi connectivity index (χ1n) is 4.95. The average molecular weight is 293 g/mol. The molecule has 1 atom stereocenters. The van der Waals surface area contributed by atoms with Gasteiger partial charge >= 0.3 is 12.0 Å². The zero-order chi connectivity index (χ0) is 13.3. The van der Waals surface area contributed by atoms with Crippen LogP contribution in [0.5, 0.6) is 0 Å². The number of carbonyl (C=O) groups excluding carboxylic acids is 1. The van der Waals surface area contributed by atoms with E-state index in [0.29, 0.717) is 0 Å². The van der Waals surface area contributed by atoms with Gasteiger partial charge in [0.25, 0.3) is 0 Å². The monoisotopic (exact) mass is 292 g/mol. The molecule has 0 saturated carbocycles. The van der Waals surface area contributed by atoms with Crippen LogP contribution in [-0.4, -0.2) is 18.6 Å². The van der Waals surface area contributed by atoms with E-state index in [-0.39, 0.29) is 23.5 Å². The molecule has 1 aromatic carbocycles. The molecule has 1 heterocycles. The van der Waals surface area contributed by atoms with Crippen LogP contribution in [0.1, 0.15) is 17.2 Å². The fourth-order valence-electron chi connectivity index (χ4n) is 1.65. The number of benzene rings is 1. The summed E-state index contributed by atoms with van der Waals surface area (Å²) in [6.07, 6.45) is -0.978. The van der Waals surface area contributed by atoms with Crippen LogP contribution in [0, 0.1) is 17.1 Å². The minimum Gasteiger partial charge on any atom is -0.443 e. The second-order valence-electron chi connectivity index (χ2n) is 3.77. The van der Waals surface area contributed by atoms with Crippen molar-refractivity contribution < 1.29 is 22.7 Å². The second-order valence-corrected chi connectivity index (χ2v) is 3.77. The Balaban J connectivity index is 0.00000180. The van der Waals surface area contributed by atoms with Gasteiger partial charge in [0, 0.05) is 0 Å². The summed E-state index contributed by atoms with van der Waals surface area (Å²) in [6, 6.07) is 2.91. The van der Waals surface area contributed by atoms with E-state index < -0.39 is 30.5 Å². The first-order chi connectivity index (χ1) is 8.44. The molecule has 1 amide bonds. The topological polar surface area (TPSA) is 62.1 Å². The quantitative estimate of drug-likeness (QED) is 0.865. The number of nitriles is 1. The molecule has 1 aliphatic rings. The number of cyclic esters (lactones) is 1. The van der Waals surface area contributed by atoms with Crippen molar-refractivity contribution in [2.75, 3.05) is 6.61 Å². The third-order valence-electron chi connectivity index (χ3n) is 2.52. The summed E-state index contributed by atoms with van der Waals surface area (Å²) in [6.45, 7) is -1.05. The van der Waals surface area contributed by atoms with Crippen molar-refractivity contribution in [3.05, 3.63) is 35.1 Å². The molecule has 0 spiro atoms. The molecule has 4 nitrogen and oxygen atoms in total. The fraction of sp³-hybridized carbons (Fsp3) is 0.273. The maximum Gasteiger partial charge on any atom is 0.408 e. The van der Waals surface area contributed by atoms with E-state index in [1.165, 1.54) is 0 Å². The summed E-state index contributed by atoms with van der Waals surface area (Å²) in [5, 5.41) is 10.6. The third kappa shape index (κ3) is 2.90. The first kappa shape index (κ1) is 15.1. The molecule has 19 heavy (non-hydrogen) atoms. The molecule has 0 radical (unpaired) electrons. The van der Waals surface area contributed by atoms with E-state index in [0.717, 1.165) is 18.2 Å². The Bertz CT molecular complexity index is 545. The lowest BCUT2D eigenvalue weighted by molar-refractivity contribution is -0.104. The maximum atomic E-state index is 13.5. The molecule has 0 aliphatic carbocycles. The highest BCUT2D eigenvalue weighted by Gasteiger charge is 2.46. The number of carbonyl (C=O) groups is 1. The number of ether oxygens (including phenoxy) is 1. The number of hydrogen-bond donors (Lipinski definition) is 1. The molecule has 0 unspecified atom stereocenters. The highest BCUT2D eigenvalue weighted by Crippen LogP contribution is 2.34. The lowest BCUT2D eigenvalue weighted by Crippen LogP contribution is -2.49. The van der Waals surface area contributed by atoms with Crippen molar-refractivity contribution in [1.82, 2.24) is 5.32 Å². The van der Waals surface area contributed by atoms with Gasteiger partial charge < -0.3 is 10.1 Å². The van der Waals surface area contributed by atoms with Crippen LogP contribution in [0.4, 0.5) is 18.0 Å². The molecule has 2 rings (SSSR count). The highest BCUT2D eigenvalue weighted by atomic mass is 35.5.